The molecule has 0 unspecified atom stereocenters. The summed E-state index contributed by atoms with van der Waals surface area (Å²) in [5.41, 5.74) is -1.72. The van der Waals surface area contributed by atoms with Gasteiger partial charge in [0, 0.05) is 19.2 Å². The van der Waals surface area contributed by atoms with Crippen LogP contribution in [0.15, 0.2) is 18.2 Å². The van der Waals surface area contributed by atoms with Crippen LogP contribution in [0.2, 0.25) is 0 Å². The molecule has 2 fully saturated rings. The van der Waals surface area contributed by atoms with Crippen molar-refractivity contribution in [3.8, 4) is 11.5 Å². The number of amides is 3. The SMILES string of the molecule is COc1ccc2c(c1)[C@]1(NC(=O)N(C)C1=O)[C@]1(C)OCCC[C@H]1O2. The van der Waals surface area contributed by atoms with Gasteiger partial charge in [0.2, 0.25) is 0 Å². The van der Waals surface area contributed by atoms with E-state index in [9.17, 15) is 9.59 Å². The number of carbonyl (C=O) groups is 2. The number of carbonyl (C=O) groups excluding carboxylic acids is 2. The van der Waals surface area contributed by atoms with Crippen LogP contribution in [0.4, 0.5) is 4.79 Å². The molecule has 1 spiro atoms. The summed E-state index contributed by atoms with van der Waals surface area (Å²) in [4.78, 5) is 26.6. The highest BCUT2D eigenvalue weighted by atomic mass is 16.6. The molecule has 2 saturated heterocycles. The van der Waals surface area contributed by atoms with E-state index in [1.54, 1.807) is 25.3 Å². The number of methoxy groups -OCH3 is 1. The maximum Gasteiger partial charge on any atom is 0.325 e. The van der Waals surface area contributed by atoms with Gasteiger partial charge in [-0.25, -0.2) is 4.79 Å². The van der Waals surface area contributed by atoms with Gasteiger partial charge in [0.05, 0.1) is 7.11 Å². The predicted octanol–water partition coefficient (Wildman–Crippen LogP) is 1.40. The number of fused-ring (bicyclic) bond motifs is 4. The largest absolute Gasteiger partial charge is 0.497 e. The monoisotopic (exact) mass is 332 g/mol. The lowest BCUT2D eigenvalue weighted by molar-refractivity contribution is -0.194. The lowest BCUT2D eigenvalue weighted by atomic mass is 9.68. The zero-order chi connectivity index (χ0) is 17.1. The van der Waals surface area contributed by atoms with Crippen LogP contribution in [0.25, 0.3) is 0 Å². The minimum atomic E-state index is -1.31. The lowest BCUT2D eigenvalue weighted by Crippen LogP contribution is -2.71. The summed E-state index contributed by atoms with van der Waals surface area (Å²) in [5, 5.41) is 2.89. The first-order chi connectivity index (χ1) is 11.4. The molecule has 0 radical (unpaired) electrons. The molecule has 1 N–H and O–H groups in total. The van der Waals surface area contributed by atoms with Crippen LogP contribution >= 0.6 is 0 Å². The van der Waals surface area contributed by atoms with Crippen molar-refractivity contribution in [3.05, 3.63) is 23.8 Å². The van der Waals surface area contributed by atoms with E-state index in [1.165, 1.54) is 7.05 Å². The molecule has 3 amide bonds. The van der Waals surface area contributed by atoms with Crippen molar-refractivity contribution in [2.45, 2.75) is 37.0 Å². The van der Waals surface area contributed by atoms with Gasteiger partial charge in [-0.1, -0.05) is 0 Å². The zero-order valence-electron chi connectivity index (χ0n) is 13.9. The van der Waals surface area contributed by atoms with E-state index in [1.807, 2.05) is 6.92 Å². The standard InChI is InChI=1S/C17H20N2O5/c1-16-13(5-4-8-23-16)24-12-7-6-10(22-3)9-11(12)17(16)14(20)19(2)15(21)18-17/h6-7,9,13H,4-5,8H2,1-3H3,(H,18,21)/t13-,16-,17-/m1/s1. The molecule has 0 bridgehead atoms. The Bertz CT molecular complexity index is 736. The maximum absolute atomic E-state index is 13.2. The molecule has 7 nitrogen and oxygen atoms in total. The summed E-state index contributed by atoms with van der Waals surface area (Å²) in [7, 11) is 3.03. The van der Waals surface area contributed by atoms with Gasteiger partial charge in [0.15, 0.2) is 5.54 Å². The highest BCUT2D eigenvalue weighted by Crippen LogP contribution is 2.53. The molecule has 3 heterocycles. The number of hydrogen-bond acceptors (Lipinski definition) is 5. The Morgan fingerprint density at radius 2 is 2.17 bits per heavy atom. The van der Waals surface area contributed by atoms with Gasteiger partial charge in [-0.05, 0) is 38.0 Å². The van der Waals surface area contributed by atoms with Crippen molar-refractivity contribution in [3.63, 3.8) is 0 Å². The van der Waals surface area contributed by atoms with Crippen LogP contribution in [-0.2, 0) is 15.1 Å². The molecule has 1 aromatic rings. The fourth-order valence-corrected chi connectivity index (χ4v) is 4.06. The Morgan fingerprint density at radius 1 is 1.38 bits per heavy atom. The first-order valence-corrected chi connectivity index (χ1v) is 8.03. The number of likely N-dealkylation sites (N-methyl/N-ethyl adjacent to an activating group) is 1. The zero-order valence-corrected chi connectivity index (χ0v) is 13.9. The van der Waals surface area contributed by atoms with Gasteiger partial charge >= 0.3 is 6.03 Å². The summed E-state index contributed by atoms with van der Waals surface area (Å²) in [6.07, 6.45) is 1.29. The van der Waals surface area contributed by atoms with Crippen molar-refractivity contribution in [1.82, 2.24) is 10.2 Å². The van der Waals surface area contributed by atoms with Crippen LogP contribution in [0.1, 0.15) is 25.3 Å². The Hall–Kier alpha value is -2.28. The van der Waals surface area contributed by atoms with Gasteiger partial charge in [-0.3, -0.25) is 9.69 Å². The molecule has 3 aliphatic rings. The first-order valence-electron chi connectivity index (χ1n) is 8.03. The molecule has 0 aliphatic carbocycles. The van der Waals surface area contributed by atoms with Gasteiger partial charge in [-0.15, -0.1) is 0 Å². The van der Waals surface area contributed by atoms with Crippen molar-refractivity contribution < 1.29 is 23.8 Å². The summed E-state index contributed by atoms with van der Waals surface area (Å²) in [6, 6.07) is 4.86. The van der Waals surface area contributed by atoms with Crippen LogP contribution < -0.4 is 14.8 Å². The Morgan fingerprint density at radius 3 is 2.83 bits per heavy atom. The molecular formula is C17H20N2O5. The molecule has 0 aromatic heterocycles. The molecule has 1 aromatic carbocycles. The molecule has 4 rings (SSSR count). The number of rotatable bonds is 1. The van der Waals surface area contributed by atoms with Crippen LogP contribution in [0.5, 0.6) is 11.5 Å². The van der Waals surface area contributed by atoms with Gasteiger partial charge in [0.1, 0.15) is 23.2 Å². The fourth-order valence-electron chi connectivity index (χ4n) is 4.06. The summed E-state index contributed by atoms with van der Waals surface area (Å²) in [6.45, 7) is 2.36. The van der Waals surface area contributed by atoms with Crippen LogP contribution in [-0.4, -0.2) is 49.3 Å². The van der Waals surface area contributed by atoms with Crippen molar-refractivity contribution in [2.75, 3.05) is 20.8 Å². The Balaban J connectivity index is 2.00. The third kappa shape index (κ3) is 1.65. The topological polar surface area (TPSA) is 77.1 Å². The van der Waals surface area contributed by atoms with E-state index >= 15 is 0 Å². The number of nitrogens with zero attached hydrogens (tertiary/aromatic N) is 1. The van der Waals surface area contributed by atoms with E-state index in [2.05, 4.69) is 5.32 Å². The van der Waals surface area contributed by atoms with Gasteiger partial charge < -0.3 is 19.5 Å². The second-order valence-electron chi connectivity index (χ2n) is 6.61. The van der Waals surface area contributed by atoms with Crippen LogP contribution in [0, 0.1) is 0 Å². The van der Waals surface area contributed by atoms with Crippen molar-refractivity contribution in [1.29, 1.82) is 0 Å². The van der Waals surface area contributed by atoms with Crippen molar-refractivity contribution in [2.24, 2.45) is 0 Å². The normalized spacial score (nSPS) is 34.5. The van der Waals surface area contributed by atoms with Crippen LogP contribution in [0.3, 0.4) is 0 Å². The second kappa shape index (κ2) is 4.86. The Labute approximate surface area is 139 Å². The van der Waals surface area contributed by atoms with E-state index in [0.29, 0.717) is 23.7 Å². The van der Waals surface area contributed by atoms with Gasteiger partial charge in [-0.2, -0.15) is 0 Å². The summed E-state index contributed by atoms with van der Waals surface area (Å²) in [5.74, 6) is 0.832. The smallest absolute Gasteiger partial charge is 0.325 e. The van der Waals surface area contributed by atoms with E-state index in [0.717, 1.165) is 17.7 Å². The lowest BCUT2D eigenvalue weighted by Gasteiger charge is -2.53. The number of hydrogen-bond donors (Lipinski definition) is 1. The van der Waals surface area contributed by atoms with Gasteiger partial charge in [0.25, 0.3) is 5.91 Å². The van der Waals surface area contributed by atoms with E-state index in [-0.39, 0.29) is 12.0 Å². The van der Waals surface area contributed by atoms with E-state index in [4.69, 9.17) is 14.2 Å². The summed E-state index contributed by atoms with van der Waals surface area (Å²) >= 11 is 0. The predicted molar refractivity (Wildman–Crippen MR) is 84.0 cm³/mol. The third-order valence-electron chi connectivity index (χ3n) is 5.46. The average molecular weight is 332 g/mol. The number of imide groups is 1. The average Bonchev–Trinajstić information content (AvgIpc) is 2.82. The summed E-state index contributed by atoms with van der Waals surface area (Å²) < 4.78 is 17.5. The highest BCUT2D eigenvalue weighted by molar-refractivity contribution is 6.08. The molecule has 0 saturated carbocycles. The maximum atomic E-state index is 13.2. The second-order valence-corrected chi connectivity index (χ2v) is 6.61. The number of urea groups is 1. The number of benzene rings is 1. The minimum Gasteiger partial charge on any atom is -0.497 e. The number of nitrogens with one attached hydrogen (secondary N) is 1. The molecule has 3 aliphatic heterocycles. The molecule has 3 atom stereocenters. The van der Waals surface area contributed by atoms with Crippen molar-refractivity contribution >= 4 is 11.9 Å². The molecule has 7 heteroatoms. The molecule has 128 valence electrons. The fraction of sp³-hybridized carbons (Fsp3) is 0.529. The Kier molecular flexibility index (Phi) is 3.09. The number of ether oxygens (including phenoxy) is 3. The molecular weight excluding hydrogens is 312 g/mol. The highest BCUT2D eigenvalue weighted by Gasteiger charge is 2.69. The first kappa shape index (κ1) is 15.3. The quantitative estimate of drug-likeness (QED) is 0.787. The van der Waals surface area contributed by atoms with E-state index < -0.39 is 17.2 Å². The molecule has 24 heavy (non-hydrogen) atoms. The minimum absolute atomic E-state index is 0.317. The third-order valence-corrected chi connectivity index (χ3v) is 5.46.